The number of hydrogen-bond acceptors (Lipinski definition) is 4. The van der Waals surface area contributed by atoms with Gasteiger partial charge in [-0.25, -0.2) is 4.79 Å². The number of carbonyl (C=O) groups excluding carboxylic acids is 2. The van der Waals surface area contributed by atoms with Gasteiger partial charge < -0.3 is 10.4 Å². The Morgan fingerprint density at radius 1 is 1.35 bits per heavy atom. The van der Waals surface area contributed by atoms with Gasteiger partial charge >= 0.3 is 6.03 Å². The van der Waals surface area contributed by atoms with Crippen LogP contribution in [-0.4, -0.2) is 53.7 Å². The molecule has 1 saturated heterocycles. The zero-order valence-electron chi connectivity index (χ0n) is 12.3. The van der Waals surface area contributed by atoms with Gasteiger partial charge in [-0.1, -0.05) is 13.8 Å². The van der Waals surface area contributed by atoms with Crippen LogP contribution in [0.1, 0.15) is 33.1 Å². The van der Waals surface area contributed by atoms with Gasteiger partial charge in [-0.2, -0.15) is 0 Å². The molecule has 1 aliphatic carbocycles. The second kappa shape index (κ2) is 6.10. The van der Waals surface area contributed by atoms with E-state index in [1.165, 1.54) is 0 Å². The van der Waals surface area contributed by atoms with E-state index < -0.39 is 11.6 Å². The van der Waals surface area contributed by atoms with Crippen LogP contribution >= 0.6 is 0 Å². The SMILES string of the molecule is CC(C)CCNC(=O)NC(=O)CN1CC(O)(C2CC2)C1. The molecule has 0 spiro atoms. The fraction of sp³-hybridized carbons (Fsp3) is 0.857. The minimum Gasteiger partial charge on any atom is -0.387 e. The van der Waals surface area contributed by atoms with Crippen LogP contribution in [0, 0.1) is 11.8 Å². The van der Waals surface area contributed by atoms with Crippen LogP contribution < -0.4 is 10.6 Å². The van der Waals surface area contributed by atoms with Crippen molar-refractivity contribution in [2.45, 2.75) is 38.7 Å². The number of aliphatic hydroxyl groups is 1. The summed E-state index contributed by atoms with van der Waals surface area (Å²) in [7, 11) is 0. The highest BCUT2D eigenvalue weighted by Gasteiger charge is 2.51. The summed E-state index contributed by atoms with van der Waals surface area (Å²) in [5.74, 6) is 0.623. The fourth-order valence-electron chi connectivity index (χ4n) is 2.61. The largest absolute Gasteiger partial charge is 0.387 e. The first kappa shape index (κ1) is 15.3. The summed E-state index contributed by atoms with van der Waals surface area (Å²) in [5.41, 5.74) is -0.584. The number of likely N-dealkylation sites (tertiary alicyclic amines) is 1. The number of imide groups is 1. The van der Waals surface area contributed by atoms with Crippen molar-refractivity contribution in [1.29, 1.82) is 0 Å². The second-order valence-electron chi connectivity index (χ2n) is 6.51. The van der Waals surface area contributed by atoms with Crippen LogP contribution in [-0.2, 0) is 4.79 Å². The van der Waals surface area contributed by atoms with Gasteiger partial charge in [0.25, 0.3) is 0 Å². The van der Waals surface area contributed by atoms with Crippen molar-refractivity contribution < 1.29 is 14.7 Å². The molecular weight excluding hydrogens is 258 g/mol. The summed E-state index contributed by atoms with van der Waals surface area (Å²) in [5, 5.41) is 15.1. The zero-order chi connectivity index (χ0) is 14.8. The molecule has 2 aliphatic rings. The third-order valence-electron chi connectivity index (χ3n) is 3.96. The van der Waals surface area contributed by atoms with E-state index in [9.17, 15) is 14.7 Å². The molecule has 0 aromatic heterocycles. The van der Waals surface area contributed by atoms with Gasteiger partial charge in [-0.3, -0.25) is 15.0 Å². The first-order valence-corrected chi connectivity index (χ1v) is 7.41. The van der Waals surface area contributed by atoms with Crippen molar-refractivity contribution in [3.05, 3.63) is 0 Å². The predicted molar refractivity (Wildman–Crippen MR) is 75.1 cm³/mol. The van der Waals surface area contributed by atoms with Crippen molar-refractivity contribution >= 4 is 11.9 Å². The van der Waals surface area contributed by atoms with Gasteiger partial charge in [0.2, 0.25) is 5.91 Å². The van der Waals surface area contributed by atoms with Crippen LogP contribution in [0.3, 0.4) is 0 Å². The number of nitrogens with zero attached hydrogens (tertiary/aromatic N) is 1. The van der Waals surface area contributed by atoms with Crippen LogP contribution in [0.5, 0.6) is 0 Å². The van der Waals surface area contributed by atoms with Gasteiger partial charge in [0.15, 0.2) is 0 Å². The van der Waals surface area contributed by atoms with E-state index in [-0.39, 0.29) is 12.5 Å². The van der Waals surface area contributed by atoms with Crippen LogP contribution in [0.15, 0.2) is 0 Å². The summed E-state index contributed by atoms with van der Waals surface area (Å²) in [4.78, 5) is 25.0. The lowest BCUT2D eigenvalue weighted by molar-refractivity contribution is -0.135. The molecule has 0 aromatic carbocycles. The molecule has 114 valence electrons. The molecule has 1 saturated carbocycles. The van der Waals surface area contributed by atoms with Crippen LogP contribution in [0.4, 0.5) is 4.79 Å². The number of carbonyl (C=O) groups is 2. The maximum Gasteiger partial charge on any atom is 0.321 e. The highest BCUT2D eigenvalue weighted by Crippen LogP contribution is 2.44. The van der Waals surface area contributed by atoms with Gasteiger partial charge in [-0.15, -0.1) is 0 Å². The zero-order valence-corrected chi connectivity index (χ0v) is 12.3. The summed E-state index contributed by atoms with van der Waals surface area (Å²) in [6.07, 6.45) is 3.08. The van der Waals surface area contributed by atoms with E-state index in [4.69, 9.17) is 0 Å². The molecule has 1 heterocycles. The quantitative estimate of drug-likeness (QED) is 0.655. The molecule has 6 heteroatoms. The molecular formula is C14H25N3O3. The average Bonchev–Trinajstić information content (AvgIpc) is 3.09. The van der Waals surface area contributed by atoms with Crippen LogP contribution in [0.25, 0.3) is 0 Å². The highest BCUT2D eigenvalue weighted by molar-refractivity contribution is 5.95. The smallest absolute Gasteiger partial charge is 0.321 e. The van der Waals surface area contributed by atoms with Crippen molar-refractivity contribution in [3.8, 4) is 0 Å². The molecule has 0 bridgehead atoms. The maximum atomic E-state index is 11.7. The van der Waals surface area contributed by atoms with Gasteiger partial charge in [-0.05, 0) is 31.1 Å². The lowest BCUT2D eigenvalue weighted by atomic mass is 9.89. The van der Waals surface area contributed by atoms with Crippen LogP contribution in [0.2, 0.25) is 0 Å². The van der Waals surface area contributed by atoms with E-state index in [1.807, 2.05) is 4.90 Å². The lowest BCUT2D eigenvalue weighted by Crippen LogP contribution is -2.64. The Bertz CT molecular complexity index is 374. The van der Waals surface area contributed by atoms with Crippen molar-refractivity contribution in [1.82, 2.24) is 15.5 Å². The van der Waals surface area contributed by atoms with E-state index in [0.29, 0.717) is 31.5 Å². The molecule has 3 amide bonds. The van der Waals surface area contributed by atoms with Crippen molar-refractivity contribution in [2.75, 3.05) is 26.2 Å². The minimum absolute atomic E-state index is 0.173. The molecule has 2 rings (SSSR count). The fourth-order valence-corrected chi connectivity index (χ4v) is 2.61. The van der Waals surface area contributed by atoms with Gasteiger partial charge in [0.1, 0.15) is 0 Å². The molecule has 1 aliphatic heterocycles. The van der Waals surface area contributed by atoms with Crippen molar-refractivity contribution in [2.24, 2.45) is 11.8 Å². The molecule has 0 radical (unpaired) electrons. The minimum atomic E-state index is -0.584. The Balaban J connectivity index is 1.58. The number of urea groups is 1. The highest BCUT2D eigenvalue weighted by atomic mass is 16.3. The van der Waals surface area contributed by atoms with E-state index in [1.54, 1.807) is 0 Å². The van der Waals surface area contributed by atoms with E-state index in [2.05, 4.69) is 24.5 Å². The van der Waals surface area contributed by atoms with E-state index >= 15 is 0 Å². The van der Waals surface area contributed by atoms with Gasteiger partial charge in [0.05, 0.1) is 12.1 Å². The Morgan fingerprint density at radius 2 is 2.00 bits per heavy atom. The number of nitrogens with one attached hydrogen (secondary N) is 2. The number of β-amino-alcohol motifs (C(OH)–C–C–N with tert-alkyl or cyclic N) is 1. The van der Waals surface area contributed by atoms with Crippen molar-refractivity contribution in [3.63, 3.8) is 0 Å². The molecule has 0 aromatic rings. The molecule has 3 N–H and O–H groups in total. The van der Waals surface area contributed by atoms with E-state index in [0.717, 1.165) is 19.3 Å². The third-order valence-corrected chi connectivity index (χ3v) is 3.96. The summed E-state index contributed by atoms with van der Waals surface area (Å²) >= 11 is 0. The normalized spacial score (nSPS) is 21.4. The number of rotatable bonds is 6. The first-order valence-electron chi connectivity index (χ1n) is 7.41. The Labute approximate surface area is 119 Å². The summed E-state index contributed by atoms with van der Waals surface area (Å²) < 4.78 is 0. The predicted octanol–water partition coefficient (Wildman–Crippen LogP) is 0.315. The summed E-state index contributed by atoms with van der Waals surface area (Å²) in [6.45, 7) is 5.99. The lowest BCUT2D eigenvalue weighted by Gasteiger charge is -2.46. The molecule has 2 fully saturated rings. The Kier molecular flexibility index (Phi) is 4.65. The molecule has 0 atom stereocenters. The molecule has 20 heavy (non-hydrogen) atoms. The second-order valence-corrected chi connectivity index (χ2v) is 6.51. The third kappa shape index (κ3) is 4.18. The monoisotopic (exact) mass is 283 g/mol. The Morgan fingerprint density at radius 3 is 2.55 bits per heavy atom. The standard InChI is InChI=1S/C14H25N3O3/c1-10(2)5-6-15-13(19)16-12(18)7-17-8-14(20,9-17)11-3-4-11/h10-11,20H,3-9H2,1-2H3,(H2,15,16,18,19). The summed E-state index contributed by atoms with van der Waals surface area (Å²) in [6, 6.07) is -0.436. The van der Waals surface area contributed by atoms with Gasteiger partial charge in [0, 0.05) is 19.6 Å². The first-order chi connectivity index (χ1) is 9.39. The molecule has 0 unspecified atom stereocenters. The molecule has 6 nitrogen and oxygen atoms in total. The Hall–Kier alpha value is -1.14. The number of hydrogen-bond donors (Lipinski definition) is 3. The maximum absolute atomic E-state index is 11.7. The number of amides is 3. The average molecular weight is 283 g/mol. The topological polar surface area (TPSA) is 81.7 Å².